The number of carbonyl (C=O) groups excluding carboxylic acids is 1. The van der Waals surface area contributed by atoms with Crippen molar-refractivity contribution in [3.8, 4) is 11.5 Å². The number of halogens is 2. The highest BCUT2D eigenvalue weighted by atomic mass is 127. The fourth-order valence-corrected chi connectivity index (χ4v) is 4.81. The van der Waals surface area contributed by atoms with E-state index in [2.05, 4.69) is 55.5 Å². The number of rotatable bonds is 3. The first-order valence-corrected chi connectivity index (χ1v) is 10.1. The minimum atomic E-state index is -0.231. The number of hydrogen-bond acceptors (Lipinski definition) is 5. The monoisotopic (exact) mass is 578 g/mol. The largest absolute Gasteiger partial charge is 0.506 e. The maximum atomic E-state index is 12.2. The van der Waals surface area contributed by atoms with E-state index >= 15 is 0 Å². The van der Waals surface area contributed by atoms with Crippen LogP contribution in [0, 0.1) is 7.14 Å². The number of aromatic hydroxyl groups is 1. The first kappa shape index (κ1) is 18.5. The molecule has 3 rings (SSSR count). The van der Waals surface area contributed by atoms with Crippen LogP contribution in [0.2, 0.25) is 0 Å². The van der Waals surface area contributed by atoms with Crippen LogP contribution in [-0.4, -0.2) is 23.3 Å². The van der Waals surface area contributed by atoms with Crippen LogP contribution in [0.5, 0.6) is 11.5 Å². The molecule has 1 heterocycles. The Balaban J connectivity index is 1.86. The molecule has 128 valence electrons. The van der Waals surface area contributed by atoms with Gasteiger partial charge in [-0.05, 0) is 99.4 Å². The average molecular weight is 578 g/mol. The summed E-state index contributed by atoms with van der Waals surface area (Å²) in [5, 5.41) is 13.4. The third-order valence-corrected chi connectivity index (χ3v) is 5.65. The van der Waals surface area contributed by atoms with Crippen molar-refractivity contribution >= 4 is 79.8 Å². The average Bonchev–Trinajstić information content (AvgIpc) is 2.92. The Bertz CT molecular complexity index is 896. The molecule has 0 saturated carbocycles. The van der Waals surface area contributed by atoms with Crippen molar-refractivity contribution in [2.75, 3.05) is 7.11 Å². The molecule has 1 aliphatic rings. The van der Waals surface area contributed by atoms with Crippen LogP contribution in [0.25, 0.3) is 6.08 Å². The molecule has 1 fully saturated rings. The number of phenolic OH excluding ortho intramolecular Hbond substituents is 1. The van der Waals surface area contributed by atoms with Gasteiger partial charge in [-0.2, -0.15) is 0 Å². The Hall–Kier alpha value is -1.27. The molecular weight excluding hydrogens is 566 g/mol. The molecule has 8 heteroatoms. The van der Waals surface area contributed by atoms with Gasteiger partial charge in [0.1, 0.15) is 11.5 Å². The highest BCUT2D eigenvalue weighted by molar-refractivity contribution is 14.1. The summed E-state index contributed by atoms with van der Waals surface area (Å²) in [5.41, 5.74) is 1.33. The number of carbonyl (C=O) groups is 1. The SMILES string of the molecule is COc1ccc(N=C2NC(=O)/C(=C\c3cc(I)cc(I)c3O)S2)cc1. The molecule has 0 bridgehead atoms. The van der Waals surface area contributed by atoms with Crippen molar-refractivity contribution in [3.05, 3.63) is 54.0 Å². The molecule has 2 N–H and O–H groups in total. The van der Waals surface area contributed by atoms with E-state index in [9.17, 15) is 9.90 Å². The van der Waals surface area contributed by atoms with E-state index in [0.717, 1.165) is 18.6 Å². The number of benzene rings is 2. The maximum absolute atomic E-state index is 12.2. The lowest BCUT2D eigenvalue weighted by Crippen LogP contribution is -2.19. The number of amidine groups is 1. The molecule has 0 unspecified atom stereocenters. The van der Waals surface area contributed by atoms with Crippen LogP contribution < -0.4 is 10.1 Å². The summed E-state index contributed by atoms with van der Waals surface area (Å²) < 4.78 is 6.84. The van der Waals surface area contributed by atoms with Crippen molar-refractivity contribution in [1.29, 1.82) is 0 Å². The van der Waals surface area contributed by atoms with Crippen molar-refractivity contribution in [1.82, 2.24) is 5.32 Å². The molecule has 25 heavy (non-hydrogen) atoms. The van der Waals surface area contributed by atoms with Gasteiger partial charge in [0.15, 0.2) is 5.17 Å². The van der Waals surface area contributed by atoms with Gasteiger partial charge in [-0.1, -0.05) is 0 Å². The Kier molecular flexibility index (Phi) is 5.89. The molecule has 0 aliphatic carbocycles. The zero-order chi connectivity index (χ0) is 18.0. The molecule has 1 aliphatic heterocycles. The van der Waals surface area contributed by atoms with Gasteiger partial charge in [0.2, 0.25) is 0 Å². The Labute approximate surface area is 176 Å². The molecule has 1 amide bonds. The van der Waals surface area contributed by atoms with Crippen molar-refractivity contribution in [2.45, 2.75) is 0 Å². The van der Waals surface area contributed by atoms with Gasteiger partial charge >= 0.3 is 0 Å². The third kappa shape index (κ3) is 4.47. The molecule has 1 saturated heterocycles. The highest BCUT2D eigenvalue weighted by Gasteiger charge is 2.24. The van der Waals surface area contributed by atoms with Gasteiger partial charge < -0.3 is 15.2 Å². The highest BCUT2D eigenvalue weighted by Crippen LogP contribution is 2.33. The van der Waals surface area contributed by atoms with Crippen LogP contribution in [0.4, 0.5) is 5.69 Å². The number of nitrogens with zero attached hydrogens (tertiary/aromatic N) is 1. The Morgan fingerprint density at radius 2 is 1.96 bits per heavy atom. The topological polar surface area (TPSA) is 70.9 Å². The predicted octanol–water partition coefficient (Wildman–Crippen LogP) is 4.50. The summed E-state index contributed by atoms with van der Waals surface area (Å²) in [6.07, 6.45) is 1.68. The minimum absolute atomic E-state index is 0.169. The van der Waals surface area contributed by atoms with Gasteiger partial charge in [-0.15, -0.1) is 0 Å². The summed E-state index contributed by atoms with van der Waals surface area (Å²) in [5.74, 6) is 0.685. The summed E-state index contributed by atoms with van der Waals surface area (Å²) in [6.45, 7) is 0. The zero-order valence-electron chi connectivity index (χ0n) is 12.9. The quantitative estimate of drug-likeness (QED) is 0.416. The van der Waals surface area contributed by atoms with E-state index < -0.39 is 0 Å². The van der Waals surface area contributed by atoms with Gasteiger partial charge in [0, 0.05) is 9.13 Å². The molecule has 0 aromatic heterocycles. The van der Waals surface area contributed by atoms with E-state index in [0.29, 0.717) is 15.6 Å². The molecule has 2 aromatic carbocycles. The van der Waals surface area contributed by atoms with Crippen molar-refractivity contribution in [3.63, 3.8) is 0 Å². The number of nitrogens with one attached hydrogen (secondary N) is 1. The fourth-order valence-electron chi connectivity index (χ4n) is 2.09. The molecule has 0 atom stereocenters. The second-order valence-electron chi connectivity index (χ2n) is 5.01. The standard InChI is InChI=1S/C17H12I2N2O3S/c1-24-12-4-2-11(3-5-12)20-17-21-16(23)14(25-17)7-9-6-10(18)8-13(19)15(9)22/h2-8,22H,1H3,(H,20,21,23)/b14-7+. The summed E-state index contributed by atoms with van der Waals surface area (Å²) >= 11 is 5.49. The van der Waals surface area contributed by atoms with Crippen molar-refractivity contribution < 1.29 is 14.6 Å². The lowest BCUT2D eigenvalue weighted by atomic mass is 10.2. The van der Waals surface area contributed by atoms with Crippen LogP contribution >= 0.6 is 56.9 Å². The number of methoxy groups -OCH3 is 1. The summed E-state index contributed by atoms with van der Waals surface area (Å²) in [7, 11) is 1.60. The van der Waals surface area contributed by atoms with E-state index in [1.54, 1.807) is 13.2 Å². The lowest BCUT2D eigenvalue weighted by Gasteiger charge is -2.03. The number of hydrogen-bond donors (Lipinski definition) is 2. The molecule has 0 radical (unpaired) electrons. The number of thioether (sulfide) groups is 1. The number of ether oxygens (including phenoxy) is 1. The Morgan fingerprint density at radius 3 is 2.64 bits per heavy atom. The maximum Gasteiger partial charge on any atom is 0.264 e. The predicted molar refractivity (Wildman–Crippen MR) is 117 cm³/mol. The van der Waals surface area contributed by atoms with E-state index in [4.69, 9.17) is 4.74 Å². The van der Waals surface area contributed by atoms with Crippen molar-refractivity contribution in [2.24, 2.45) is 4.99 Å². The molecular formula is C17H12I2N2O3S. The van der Waals surface area contributed by atoms with Gasteiger partial charge in [-0.25, -0.2) is 4.99 Å². The first-order valence-electron chi connectivity index (χ1n) is 7.08. The fraction of sp³-hybridized carbons (Fsp3) is 0.0588. The molecule has 0 spiro atoms. The second-order valence-corrected chi connectivity index (χ2v) is 8.44. The van der Waals surface area contributed by atoms with Crippen LogP contribution in [0.3, 0.4) is 0 Å². The third-order valence-electron chi connectivity index (χ3n) is 3.30. The van der Waals surface area contributed by atoms with E-state index in [1.165, 1.54) is 11.8 Å². The van der Waals surface area contributed by atoms with Gasteiger partial charge in [0.05, 0.1) is 21.3 Å². The van der Waals surface area contributed by atoms with Gasteiger partial charge in [0.25, 0.3) is 5.91 Å². The van der Waals surface area contributed by atoms with Crippen LogP contribution in [-0.2, 0) is 4.79 Å². The Morgan fingerprint density at radius 1 is 1.24 bits per heavy atom. The lowest BCUT2D eigenvalue weighted by molar-refractivity contribution is -0.115. The second kappa shape index (κ2) is 7.96. The number of aliphatic imine (C=N–C) groups is 1. The number of amides is 1. The smallest absolute Gasteiger partial charge is 0.264 e. The summed E-state index contributed by atoms with van der Waals surface area (Å²) in [6, 6.07) is 10.9. The van der Waals surface area contributed by atoms with E-state index in [1.807, 2.05) is 36.4 Å². The summed E-state index contributed by atoms with van der Waals surface area (Å²) in [4.78, 5) is 17.1. The van der Waals surface area contributed by atoms with E-state index in [-0.39, 0.29) is 11.7 Å². The zero-order valence-corrected chi connectivity index (χ0v) is 18.0. The molecule has 2 aromatic rings. The molecule has 5 nitrogen and oxygen atoms in total. The van der Waals surface area contributed by atoms with Gasteiger partial charge in [-0.3, -0.25) is 4.79 Å². The number of phenols is 1. The first-order chi connectivity index (χ1) is 12.0. The normalized spacial score (nSPS) is 17.2. The van der Waals surface area contributed by atoms with Crippen LogP contribution in [0.15, 0.2) is 46.3 Å². The van der Waals surface area contributed by atoms with Crippen LogP contribution in [0.1, 0.15) is 5.56 Å². The minimum Gasteiger partial charge on any atom is -0.506 e.